The van der Waals surface area contributed by atoms with Crippen LogP contribution >= 0.6 is 11.8 Å². The molecule has 0 spiro atoms. The second-order valence-electron chi connectivity index (χ2n) is 6.98. The SMILES string of the molecule is CN=C(NCc1ccccn1)NCC1(N2CCSCC2)CCCCC1. The lowest BCUT2D eigenvalue weighted by Gasteiger charge is -2.48. The lowest BCUT2D eigenvalue weighted by atomic mass is 9.80. The Kier molecular flexibility index (Phi) is 6.99. The summed E-state index contributed by atoms with van der Waals surface area (Å²) >= 11 is 2.09. The summed E-state index contributed by atoms with van der Waals surface area (Å²) in [6.45, 7) is 4.14. The first-order valence-corrected chi connectivity index (χ1v) is 10.7. The lowest BCUT2D eigenvalue weighted by Crippen LogP contribution is -2.59. The van der Waals surface area contributed by atoms with Crippen LogP contribution in [0.25, 0.3) is 0 Å². The first-order valence-electron chi connectivity index (χ1n) is 9.50. The Hall–Kier alpha value is -1.27. The fourth-order valence-corrected chi connectivity index (χ4v) is 4.90. The van der Waals surface area contributed by atoms with E-state index in [1.165, 1.54) is 56.7 Å². The normalized spacial score (nSPS) is 21.7. The third-order valence-electron chi connectivity index (χ3n) is 5.44. The molecule has 138 valence electrons. The molecule has 3 rings (SSSR count). The summed E-state index contributed by atoms with van der Waals surface area (Å²) in [6, 6.07) is 6.00. The minimum Gasteiger partial charge on any atom is -0.355 e. The van der Waals surface area contributed by atoms with Gasteiger partial charge in [0, 0.05) is 49.9 Å². The summed E-state index contributed by atoms with van der Waals surface area (Å²) in [7, 11) is 1.85. The van der Waals surface area contributed by atoms with Gasteiger partial charge in [-0.2, -0.15) is 11.8 Å². The first-order chi connectivity index (χ1) is 12.3. The maximum Gasteiger partial charge on any atom is 0.191 e. The second-order valence-corrected chi connectivity index (χ2v) is 8.21. The molecular weight excluding hydrogens is 330 g/mol. The number of hydrogen-bond donors (Lipinski definition) is 2. The van der Waals surface area contributed by atoms with Crippen molar-refractivity contribution >= 4 is 17.7 Å². The van der Waals surface area contributed by atoms with Gasteiger partial charge in [-0.05, 0) is 25.0 Å². The molecule has 2 fully saturated rings. The number of rotatable bonds is 5. The smallest absolute Gasteiger partial charge is 0.191 e. The Morgan fingerprint density at radius 2 is 2.00 bits per heavy atom. The van der Waals surface area contributed by atoms with Gasteiger partial charge in [-0.25, -0.2) is 0 Å². The van der Waals surface area contributed by atoms with Crippen LogP contribution in [-0.4, -0.2) is 59.6 Å². The Balaban J connectivity index is 1.57. The highest BCUT2D eigenvalue weighted by atomic mass is 32.2. The van der Waals surface area contributed by atoms with Gasteiger partial charge in [0.2, 0.25) is 0 Å². The standard InChI is InChI=1S/C19H31N5S/c1-20-18(22-15-17-7-3-6-10-21-17)23-16-19(8-4-2-5-9-19)24-11-13-25-14-12-24/h3,6-7,10H,2,4-5,8-9,11-16H2,1H3,(H2,20,22,23). The van der Waals surface area contributed by atoms with Crippen molar-refractivity contribution in [1.82, 2.24) is 20.5 Å². The first kappa shape index (κ1) is 18.5. The van der Waals surface area contributed by atoms with Gasteiger partial charge < -0.3 is 10.6 Å². The maximum atomic E-state index is 4.41. The van der Waals surface area contributed by atoms with Crippen LogP contribution in [0.4, 0.5) is 0 Å². The van der Waals surface area contributed by atoms with E-state index in [0.29, 0.717) is 12.1 Å². The molecule has 1 saturated heterocycles. The Bertz CT molecular complexity index is 536. The molecule has 0 aromatic carbocycles. The van der Waals surface area contributed by atoms with Crippen molar-refractivity contribution in [3.8, 4) is 0 Å². The monoisotopic (exact) mass is 361 g/mol. The van der Waals surface area contributed by atoms with Crippen LogP contribution in [0.5, 0.6) is 0 Å². The Morgan fingerprint density at radius 1 is 1.20 bits per heavy atom. The van der Waals surface area contributed by atoms with Gasteiger partial charge in [-0.3, -0.25) is 14.9 Å². The zero-order chi connectivity index (χ0) is 17.4. The predicted octanol–water partition coefficient (Wildman–Crippen LogP) is 2.50. The molecule has 1 aliphatic heterocycles. The second kappa shape index (κ2) is 9.43. The highest BCUT2D eigenvalue weighted by Gasteiger charge is 2.38. The molecule has 1 aliphatic carbocycles. The van der Waals surface area contributed by atoms with Crippen molar-refractivity contribution in [2.75, 3.05) is 38.2 Å². The molecule has 6 heteroatoms. The van der Waals surface area contributed by atoms with E-state index < -0.39 is 0 Å². The molecule has 5 nitrogen and oxygen atoms in total. The number of thioether (sulfide) groups is 1. The van der Waals surface area contributed by atoms with Crippen LogP contribution in [0.3, 0.4) is 0 Å². The largest absolute Gasteiger partial charge is 0.355 e. The van der Waals surface area contributed by atoms with Gasteiger partial charge in [0.05, 0.1) is 12.2 Å². The van der Waals surface area contributed by atoms with Crippen LogP contribution in [0.15, 0.2) is 29.4 Å². The van der Waals surface area contributed by atoms with Crippen LogP contribution < -0.4 is 10.6 Å². The van der Waals surface area contributed by atoms with Crippen molar-refractivity contribution in [2.24, 2.45) is 4.99 Å². The van der Waals surface area contributed by atoms with Crippen molar-refractivity contribution < 1.29 is 0 Å². The Labute approximate surface area is 156 Å². The summed E-state index contributed by atoms with van der Waals surface area (Å²) < 4.78 is 0. The zero-order valence-electron chi connectivity index (χ0n) is 15.3. The van der Waals surface area contributed by atoms with E-state index >= 15 is 0 Å². The summed E-state index contributed by atoms with van der Waals surface area (Å²) in [4.78, 5) is 11.5. The lowest BCUT2D eigenvalue weighted by molar-refractivity contribution is 0.0626. The quantitative estimate of drug-likeness (QED) is 0.623. The molecule has 2 heterocycles. The molecule has 0 bridgehead atoms. The molecule has 0 amide bonds. The fraction of sp³-hybridized carbons (Fsp3) is 0.684. The van der Waals surface area contributed by atoms with Gasteiger partial charge in [0.25, 0.3) is 0 Å². The van der Waals surface area contributed by atoms with E-state index in [4.69, 9.17) is 0 Å². The van der Waals surface area contributed by atoms with E-state index in [9.17, 15) is 0 Å². The number of nitrogens with zero attached hydrogens (tertiary/aromatic N) is 3. The third-order valence-corrected chi connectivity index (χ3v) is 6.38. The Morgan fingerprint density at radius 3 is 2.68 bits per heavy atom. The molecule has 0 radical (unpaired) electrons. The van der Waals surface area contributed by atoms with E-state index in [-0.39, 0.29) is 0 Å². The number of aromatic nitrogens is 1. The highest BCUT2D eigenvalue weighted by molar-refractivity contribution is 7.99. The third kappa shape index (κ3) is 5.11. The summed E-state index contributed by atoms with van der Waals surface area (Å²) in [5, 5.41) is 7.01. The van der Waals surface area contributed by atoms with Gasteiger partial charge >= 0.3 is 0 Å². The average molecular weight is 362 g/mol. The number of hydrogen-bond acceptors (Lipinski definition) is 4. The van der Waals surface area contributed by atoms with Gasteiger partial charge in [-0.15, -0.1) is 0 Å². The average Bonchev–Trinajstić information content (AvgIpc) is 2.70. The molecule has 0 atom stereocenters. The van der Waals surface area contributed by atoms with Crippen molar-refractivity contribution in [1.29, 1.82) is 0 Å². The van der Waals surface area contributed by atoms with Crippen molar-refractivity contribution in [2.45, 2.75) is 44.2 Å². The number of nitrogens with one attached hydrogen (secondary N) is 2. The molecule has 25 heavy (non-hydrogen) atoms. The van der Waals surface area contributed by atoms with E-state index in [2.05, 4.69) is 37.3 Å². The van der Waals surface area contributed by atoms with Crippen LogP contribution in [0.1, 0.15) is 37.8 Å². The zero-order valence-corrected chi connectivity index (χ0v) is 16.2. The molecule has 1 aromatic heterocycles. The molecule has 2 aliphatic rings. The minimum atomic E-state index is 0.307. The van der Waals surface area contributed by atoms with Gasteiger partial charge in [0.15, 0.2) is 5.96 Å². The van der Waals surface area contributed by atoms with Gasteiger partial charge in [-0.1, -0.05) is 25.3 Å². The maximum absolute atomic E-state index is 4.41. The summed E-state index contributed by atoms with van der Waals surface area (Å²) in [6.07, 6.45) is 8.54. The number of pyridine rings is 1. The minimum absolute atomic E-state index is 0.307. The predicted molar refractivity (Wildman–Crippen MR) is 107 cm³/mol. The fourth-order valence-electron chi connectivity index (χ4n) is 4.00. The van der Waals surface area contributed by atoms with E-state index in [1.807, 2.05) is 31.4 Å². The van der Waals surface area contributed by atoms with Crippen LogP contribution in [0.2, 0.25) is 0 Å². The molecule has 1 saturated carbocycles. The molecular formula is C19H31N5S. The topological polar surface area (TPSA) is 52.6 Å². The van der Waals surface area contributed by atoms with Crippen molar-refractivity contribution in [3.63, 3.8) is 0 Å². The highest BCUT2D eigenvalue weighted by Crippen LogP contribution is 2.34. The van der Waals surface area contributed by atoms with Gasteiger partial charge in [0.1, 0.15) is 0 Å². The molecule has 0 unspecified atom stereocenters. The number of aliphatic imine (C=N–C) groups is 1. The van der Waals surface area contributed by atoms with E-state index in [0.717, 1.165) is 18.2 Å². The molecule has 1 aromatic rings. The van der Waals surface area contributed by atoms with Crippen molar-refractivity contribution in [3.05, 3.63) is 30.1 Å². The summed E-state index contributed by atoms with van der Waals surface area (Å²) in [5.41, 5.74) is 1.34. The van der Waals surface area contributed by atoms with Crippen LogP contribution in [-0.2, 0) is 6.54 Å². The van der Waals surface area contributed by atoms with E-state index in [1.54, 1.807) is 0 Å². The van der Waals surface area contributed by atoms with Crippen LogP contribution in [0, 0.1) is 0 Å². The number of guanidine groups is 1. The summed E-state index contributed by atoms with van der Waals surface area (Å²) in [5.74, 6) is 3.42. The molecule has 2 N–H and O–H groups in total.